The van der Waals surface area contributed by atoms with Crippen molar-refractivity contribution >= 4 is 41.5 Å². The second-order valence-electron chi connectivity index (χ2n) is 12.7. The first-order chi connectivity index (χ1) is 22.0. The van der Waals surface area contributed by atoms with Crippen LogP contribution < -0.4 is 26.6 Å². The first-order valence-electron chi connectivity index (χ1n) is 16.5. The van der Waals surface area contributed by atoms with Gasteiger partial charge in [0.15, 0.2) is 0 Å². The van der Waals surface area contributed by atoms with Crippen LogP contribution in [0.25, 0.3) is 0 Å². The van der Waals surface area contributed by atoms with E-state index < -0.39 is 23.8 Å². The van der Waals surface area contributed by atoms with Gasteiger partial charge in [0.05, 0.1) is 18.0 Å². The molecule has 5 amide bonds. The van der Waals surface area contributed by atoms with Gasteiger partial charge in [-0.1, -0.05) is 70.0 Å². The summed E-state index contributed by atoms with van der Waals surface area (Å²) in [7, 11) is 0. The van der Waals surface area contributed by atoms with E-state index >= 15 is 0 Å². The first-order valence-corrected chi connectivity index (χ1v) is 17.6. The highest BCUT2D eigenvalue weighted by Gasteiger charge is 2.42. The molecular formula is C34H51N5O6S. The summed E-state index contributed by atoms with van der Waals surface area (Å²) >= 11 is 1.89. The van der Waals surface area contributed by atoms with Crippen LogP contribution in [0, 0.1) is 11.8 Å². The lowest BCUT2D eigenvalue weighted by Crippen LogP contribution is -2.50. The van der Waals surface area contributed by atoms with Gasteiger partial charge in [-0.2, -0.15) is 11.8 Å². The number of fused-ring (bicyclic) bond motifs is 1. The molecule has 5 atom stereocenters. The number of carboxylic acids is 1. The maximum absolute atomic E-state index is 13.2. The van der Waals surface area contributed by atoms with E-state index in [1.807, 2.05) is 55.9 Å². The number of rotatable bonds is 21. The molecule has 0 bridgehead atoms. The van der Waals surface area contributed by atoms with Gasteiger partial charge in [-0.15, -0.1) is 0 Å². The molecule has 11 nitrogen and oxygen atoms in total. The molecule has 254 valence electrons. The third-order valence-corrected chi connectivity index (χ3v) is 9.95. The molecule has 6 N–H and O–H groups in total. The minimum Gasteiger partial charge on any atom is -0.478 e. The molecule has 2 aliphatic rings. The Labute approximate surface area is 276 Å². The highest BCUT2D eigenvalue weighted by Crippen LogP contribution is 2.33. The van der Waals surface area contributed by atoms with Crippen LogP contribution >= 0.6 is 11.8 Å². The molecule has 0 spiro atoms. The summed E-state index contributed by atoms with van der Waals surface area (Å²) in [5.74, 6) is -1.90. The van der Waals surface area contributed by atoms with Crippen LogP contribution in [0.15, 0.2) is 42.5 Å². The number of benzene rings is 1. The van der Waals surface area contributed by atoms with Crippen molar-refractivity contribution in [3.8, 4) is 0 Å². The Bertz CT molecular complexity index is 1200. The molecule has 3 rings (SSSR count). The number of hydrogen-bond acceptors (Lipinski definition) is 6. The second kappa shape index (κ2) is 19.2. The molecule has 2 saturated heterocycles. The van der Waals surface area contributed by atoms with Crippen molar-refractivity contribution in [2.24, 2.45) is 11.8 Å². The number of unbranched alkanes of at least 4 members (excludes halogenated alkanes) is 4. The molecule has 2 fully saturated rings. The van der Waals surface area contributed by atoms with Gasteiger partial charge in [0.1, 0.15) is 6.04 Å². The number of thioether (sulfide) groups is 1. The molecule has 1 aromatic carbocycles. The van der Waals surface area contributed by atoms with E-state index in [1.54, 1.807) is 0 Å². The Balaban J connectivity index is 1.31. The predicted molar refractivity (Wildman–Crippen MR) is 180 cm³/mol. The standard InChI is InChI=1S/C34H51N5O6S/c1-22(2)19-25(23(3)33(43)44)31(41)37-26(20-24-13-7-6-8-14-24)32(42)36-18-12-5-4-11-17-35-29(40)16-10-9-15-28-30-27(21-46-28)38-34(45)39-30/h6-8,13-14,22,25-28,30H,3-5,9-12,15-21H2,1-2H3,(H,35,40)(H,36,42)(H,37,41)(H,43,44)(H2,38,39,45)/t25-,26+,27+,28+,30+/m1/s1. The van der Waals surface area contributed by atoms with Crippen LogP contribution in [0.2, 0.25) is 0 Å². The SMILES string of the molecule is C=C(C(=O)O)[C@@H](CC(C)C)C(=O)N[C@@H](Cc1ccccc1)C(=O)NCCCCCCNC(=O)CCCC[C@@H]1SC[C@@H]2NC(=O)N[C@@H]21. The van der Waals surface area contributed by atoms with E-state index in [9.17, 15) is 29.1 Å². The van der Waals surface area contributed by atoms with Crippen molar-refractivity contribution in [3.05, 3.63) is 48.0 Å². The van der Waals surface area contributed by atoms with Crippen molar-refractivity contribution < 1.29 is 29.1 Å². The molecule has 12 heteroatoms. The zero-order valence-corrected chi connectivity index (χ0v) is 28.0. The van der Waals surface area contributed by atoms with Gasteiger partial charge in [0.25, 0.3) is 0 Å². The maximum atomic E-state index is 13.2. The zero-order chi connectivity index (χ0) is 33.5. The monoisotopic (exact) mass is 657 g/mol. The number of urea groups is 1. The second-order valence-corrected chi connectivity index (χ2v) is 14.0. The lowest BCUT2D eigenvalue weighted by molar-refractivity contribution is -0.136. The number of hydrogen-bond donors (Lipinski definition) is 6. The third kappa shape index (κ3) is 12.3. The summed E-state index contributed by atoms with van der Waals surface area (Å²) in [5, 5.41) is 24.5. The van der Waals surface area contributed by atoms with E-state index in [-0.39, 0.29) is 47.8 Å². The number of amides is 5. The van der Waals surface area contributed by atoms with Gasteiger partial charge in [-0.25, -0.2) is 9.59 Å². The van der Waals surface area contributed by atoms with Gasteiger partial charge < -0.3 is 31.7 Å². The van der Waals surface area contributed by atoms with Crippen LogP contribution in [0.3, 0.4) is 0 Å². The fourth-order valence-corrected chi connectivity index (χ4v) is 7.43. The Morgan fingerprint density at radius 3 is 2.33 bits per heavy atom. The van der Waals surface area contributed by atoms with Gasteiger partial charge in [0, 0.05) is 42.5 Å². The van der Waals surface area contributed by atoms with Crippen LogP contribution in [0.1, 0.15) is 77.2 Å². The van der Waals surface area contributed by atoms with Crippen molar-refractivity contribution in [1.82, 2.24) is 26.6 Å². The fraction of sp³-hybridized carbons (Fsp3) is 0.618. The van der Waals surface area contributed by atoms with Crippen molar-refractivity contribution in [2.75, 3.05) is 18.8 Å². The fourth-order valence-electron chi connectivity index (χ4n) is 5.89. The van der Waals surface area contributed by atoms with E-state index in [0.717, 1.165) is 56.3 Å². The average Bonchev–Trinajstić information content (AvgIpc) is 3.57. The summed E-state index contributed by atoms with van der Waals surface area (Å²) in [6.45, 7) is 8.49. The molecule has 46 heavy (non-hydrogen) atoms. The van der Waals surface area contributed by atoms with Crippen molar-refractivity contribution in [2.45, 2.75) is 101 Å². The summed E-state index contributed by atoms with van der Waals surface area (Å²) in [6.07, 6.45) is 7.30. The van der Waals surface area contributed by atoms with Crippen molar-refractivity contribution in [3.63, 3.8) is 0 Å². The Kier molecular flexibility index (Phi) is 15.4. The molecule has 0 radical (unpaired) electrons. The Morgan fingerprint density at radius 2 is 1.65 bits per heavy atom. The van der Waals surface area contributed by atoms with Crippen LogP contribution in [-0.4, -0.2) is 77.0 Å². The lowest BCUT2D eigenvalue weighted by Gasteiger charge is -2.23. The lowest BCUT2D eigenvalue weighted by atomic mass is 9.89. The normalized spacial score (nSPS) is 19.8. The highest BCUT2D eigenvalue weighted by molar-refractivity contribution is 8.00. The molecule has 0 saturated carbocycles. The Hall–Kier alpha value is -3.54. The molecule has 0 unspecified atom stereocenters. The maximum Gasteiger partial charge on any atom is 0.331 e. The quantitative estimate of drug-likeness (QED) is 0.0669. The first kappa shape index (κ1) is 36.9. The molecule has 0 aliphatic carbocycles. The van der Waals surface area contributed by atoms with Gasteiger partial charge in [0.2, 0.25) is 17.7 Å². The van der Waals surface area contributed by atoms with E-state index in [2.05, 4.69) is 33.2 Å². The smallest absolute Gasteiger partial charge is 0.331 e. The van der Waals surface area contributed by atoms with Crippen LogP contribution in [0.5, 0.6) is 0 Å². The molecule has 1 aromatic rings. The van der Waals surface area contributed by atoms with E-state index in [0.29, 0.717) is 31.2 Å². The van der Waals surface area contributed by atoms with Gasteiger partial charge >= 0.3 is 12.0 Å². The van der Waals surface area contributed by atoms with Gasteiger partial charge in [-0.3, -0.25) is 14.4 Å². The number of aliphatic carboxylic acids is 1. The highest BCUT2D eigenvalue weighted by atomic mass is 32.2. The van der Waals surface area contributed by atoms with E-state index in [1.165, 1.54) is 0 Å². The topological polar surface area (TPSA) is 166 Å². The van der Waals surface area contributed by atoms with E-state index in [4.69, 9.17) is 0 Å². The summed E-state index contributed by atoms with van der Waals surface area (Å²) in [4.78, 5) is 61.6. The molecule has 2 heterocycles. The van der Waals surface area contributed by atoms with Crippen molar-refractivity contribution in [1.29, 1.82) is 0 Å². The predicted octanol–water partition coefficient (Wildman–Crippen LogP) is 3.54. The Morgan fingerprint density at radius 1 is 0.957 bits per heavy atom. The summed E-state index contributed by atoms with van der Waals surface area (Å²) < 4.78 is 0. The molecule has 2 aliphatic heterocycles. The number of carbonyl (C=O) groups is 5. The molecular weight excluding hydrogens is 606 g/mol. The van der Waals surface area contributed by atoms with Crippen LogP contribution in [0.4, 0.5) is 4.79 Å². The van der Waals surface area contributed by atoms with Crippen LogP contribution in [-0.2, 0) is 25.6 Å². The number of carboxylic acid groups (broad SMARTS) is 1. The number of nitrogens with one attached hydrogen (secondary N) is 5. The molecule has 0 aromatic heterocycles. The minimum atomic E-state index is -1.23. The third-order valence-electron chi connectivity index (χ3n) is 8.44. The minimum absolute atomic E-state index is 0.0640. The zero-order valence-electron chi connectivity index (χ0n) is 27.1. The average molecular weight is 658 g/mol. The largest absolute Gasteiger partial charge is 0.478 e. The summed E-state index contributed by atoms with van der Waals surface area (Å²) in [5.41, 5.74) is 0.696. The summed E-state index contributed by atoms with van der Waals surface area (Å²) in [6, 6.07) is 8.88. The van der Waals surface area contributed by atoms with Gasteiger partial charge in [-0.05, 0) is 43.6 Å². The number of carbonyl (C=O) groups excluding carboxylic acids is 4.